The summed E-state index contributed by atoms with van der Waals surface area (Å²) >= 11 is 0. The fourth-order valence-corrected chi connectivity index (χ4v) is 4.86. The molecule has 0 aromatic carbocycles. The van der Waals surface area contributed by atoms with Gasteiger partial charge >= 0.3 is 5.76 Å². The summed E-state index contributed by atoms with van der Waals surface area (Å²) in [5, 5.41) is 14.1. The third kappa shape index (κ3) is 3.32. The Bertz CT molecular complexity index is 1330. The first-order valence-electron chi connectivity index (χ1n) is 10.8. The first-order chi connectivity index (χ1) is 15.1. The third-order valence-corrected chi connectivity index (χ3v) is 6.40. The number of fused-ring (bicyclic) bond motifs is 3. The van der Waals surface area contributed by atoms with Crippen molar-refractivity contribution in [2.75, 3.05) is 0 Å². The molecule has 4 aromatic rings. The Morgan fingerprint density at radius 1 is 1.32 bits per heavy atom. The van der Waals surface area contributed by atoms with Crippen molar-refractivity contribution < 1.29 is 4.52 Å². The number of aromatic amines is 1. The highest BCUT2D eigenvalue weighted by Gasteiger charge is 2.28. The molecular formula is C22H25N7O2. The molecule has 5 rings (SSSR count). The minimum absolute atomic E-state index is 0.0590. The summed E-state index contributed by atoms with van der Waals surface area (Å²) in [6.45, 7) is 4.27. The Labute approximate surface area is 178 Å². The smallest absolute Gasteiger partial charge is 0.346 e. The van der Waals surface area contributed by atoms with Gasteiger partial charge in [0.2, 0.25) is 0 Å². The maximum Gasteiger partial charge on any atom is 0.442 e. The summed E-state index contributed by atoms with van der Waals surface area (Å²) in [6.07, 6.45) is 8.29. The van der Waals surface area contributed by atoms with Gasteiger partial charge in [-0.2, -0.15) is 5.26 Å². The van der Waals surface area contributed by atoms with Crippen LogP contribution in [-0.4, -0.2) is 29.2 Å². The molecular weight excluding hydrogens is 394 g/mol. The number of H-pyrrole nitrogens is 1. The van der Waals surface area contributed by atoms with Gasteiger partial charge < -0.3 is 9.55 Å². The Morgan fingerprint density at radius 2 is 2.13 bits per heavy atom. The fraction of sp³-hybridized carbons (Fsp3) is 0.500. The van der Waals surface area contributed by atoms with Crippen molar-refractivity contribution in [3.8, 4) is 6.07 Å². The van der Waals surface area contributed by atoms with Crippen molar-refractivity contribution in [2.45, 2.75) is 64.5 Å². The highest BCUT2D eigenvalue weighted by atomic mass is 16.5. The molecule has 0 bridgehead atoms. The van der Waals surface area contributed by atoms with Gasteiger partial charge in [-0.15, -0.1) is 0 Å². The van der Waals surface area contributed by atoms with Gasteiger partial charge in [-0.3, -0.25) is 9.09 Å². The standard InChI is InChI=1S/C22H25N7O2/c1-13(2)21-27-31-22(30)28(21)12-18-26-17-11-25-20-16(8-10-24-20)19(17)29(18)15-5-3-14(4-6-15)7-9-23/h8,10-11,13-15H,3-7,12H2,1-2H3,(H,24,25)/t14-,15-. The summed E-state index contributed by atoms with van der Waals surface area (Å²) in [7, 11) is 0. The van der Waals surface area contributed by atoms with E-state index in [1.807, 2.05) is 26.1 Å². The van der Waals surface area contributed by atoms with Gasteiger partial charge in [0, 0.05) is 30.0 Å². The summed E-state index contributed by atoms with van der Waals surface area (Å²) < 4.78 is 8.83. The largest absolute Gasteiger partial charge is 0.442 e. The SMILES string of the molecule is CC(C)c1noc(=O)n1Cc1nc2cnc3[nH]ccc3c2n1[C@H]1CC[C@H](CC#N)CC1. The summed E-state index contributed by atoms with van der Waals surface area (Å²) in [5.74, 6) is 1.48. The van der Waals surface area contributed by atoms with E-state index in [4.69, 9.17) is 14.8 Å². The van der Waals surface area contributed by atoms with E-state index in [0.717, 1.165) is 53.6 Å². The lowest BCUT2D eigenvalue weighted by molar-refractivity contribution is 0.276. The molecule has 9 heteroatoms. The molecule has 1 aliphatic carbocycles. The summed E-state index contributed by atoms with van der Waals surface area (Å²) in [4.78, 5) is 25.0. The zero-order valence-corrected chi connectivity index (χ0v) is 17.7. The van der Waals surface area contributed by atoms with Crippen LogP contribution in [0.2, 0.25) is 0 Å². The number of pyridine rings is 1. The number of hydrogen-bond acceptors (Lipinski definition) is 6. The fourth-order valence-electron chi connectivity index (χ4n) is 4.86. The molecule has 0 amide bonds. The van der Waals surface area contributed by atoms with Crippen LogP contribution < -0.4 is 5.76 Å². The second kappa shape index (κ2) is 7.69. The molecule has 1 fully saturated rings. The number of rotatable bonds is 5. The Morgan fingerprint density at radius 3 is 2.87 bits per heavy atom. The van der Waals surface area contributed by atoms with Crippen LogP contribution in [0, 0.1) is 17.2 Å². The Hall–Kier alpha value is -3.41. The highest BCUT2D eigenvalue weighted by Crippen LogP contribution is 2.38. The third-order valence-electron chi connectivity index (χ3n) is 6.40. The molecule has 0 spiro atoms. The topological polar surface area (TPSA) is 118 Å². The average molecular weight is 419 g/mol. The van der Waals surface area contributed by atoms with Crippen LogP contribution >= 0.6 is 0 Å². The first kappa shape index (κ1) is 19.5. The molecule has 1 saturated carbocycles. The number of nitrogens with one attached hydrogen (secondary N) is 1. The molecule has 4 heterocycles. The lowest BCUT2D eigenvalue weighted by Gasteiger charge is -2.30. The van der Waals surface area contributed by atoms with Crippen LogP contribution in [0.15, 0.2) is 27.8 Å². The molecule has 1 N–H and O–H groups in total. The van der Waals surface area contributed by atoms with Gasteiger partial charge in [0.15, 0.2) is 5.82 Å². The van der Waals surface area contributed by atoms with Gasteiger partial charge in [0.05, 0.1) is 24.3 Å². The van der Waals surface area contributed by atoms with Crippen molar-refractivity contribution >= 4 is 22.1 Å². The van der Waals surface area contributed by atoms with Crippen LogP contribution in [0.5, 0.6) is 0 Å². The number of imidazole rings is 1. The van der Waals surface area contributed by atoms with Crippen molar-refractivity contribution in [1.82, 2.24) is 29.2 Å². The van der Waals surface area contributed by atoms with E-state index in [-0.39, 0.29) is 12.0 Å². The lowest BCUT2D eigenvalue weighted by atomic mass is 9.84. The van der Waals surface area contributed by atoms with Gasteiger partial charge in [0.1, 0.15) is 17.0 Å². The zero-order chi connectivity index (χ0) is 21.5. The zero-order valence-electron chi connectivity index (χ0n) is 17.7. The van der Waals surface area contributed by atoms with E-state index in [1.165, 1.54) is 0 Å². The quantitative estimate of drug-likeness (QED) is 0.524. The molecule has 0 aliphatic heterocycles. The van der Waals surface area contributed by atoms with E-state index in [1.54, 1.807) is 10.8 Å². The van der Waals surface area contributed by atoms with Gasteiger partial charge in [-0.25, -0.2) is 14.8 Å². The van der Waals surface area contributed by atoms with Crippen molar-refractivity contribution in [2.24, 2.45) is 5.92 Å². The second-order valence-corrected chi connectivity index (χ2v) is 8.71. The van der Waals surface area contributed by atoms with E-state index in [9.17, 15) is 4.79 Å². The van der Waals surface area contributed by atoms with E-state index in [2.05, 4.69) is 25.8 Å². The van der Waals surface area contributed by atoms with Crippen LogP contribution in [-0.2, 0) is 6.54 Å². The predicted molar refractivity (Wildman–Crippen MR) is 115 cm³/mol. The van der Waals surface area contributed by atoms with Crippen LogP contribution in [0.4, 0.5) is 0 Å². The molecule has 0 unspecified atom stereocenters. The Balaban J connectivity index is 1.63. The Kier molecular flexibility index (Phi) is 4.85. The van der Waals surface area contributed by atoms with Gasteiger partial charge in [-0.05, 0) is 37.7 Å². The number of nitriles is 1. The predicted octanol–water partition coefficient (Wildman–Crippen LogP) is 3.88. The highest BCUT2D eigenvalue weighted by molar-refractivity contribution is 6.01. The number of hydrogen-bond donors (Lipinski definition) is 1. The minimum atomic E-state index is -0.468. The molecule has 0 radical (unpaired) electrons. The molecule has 31 heavy (non-hydrogen) atoms. The van der Waals surface area contributed by atoms with Gasteiger partial charge in [-0.1, -0.05) is 19.0 Å². The van der Waals surface area contributed by atoms with Crippen molar-refractivity contribution in [3.63, 3.8) is 0 Å². The van der Waals surface area contributed by atoms with Crippen LogP contribution in [0.3, 0.4) is 0 Å². The molecule has 160 valence electrons. The van der Waals surface area contributed by atoms with Crippen molar-refractivity contribution in [1.29, 1.82) is 5.26 Å². The normalized spacial score (nSPS) is 19.4. The van der Waals surface area contributed by atoms with Crippen LogP contribution in [0.25, 0.3) is 22.1 Å². The maximum absolute atomic E-state index is 12.4. The van der Waals surface area contributed by atoms with Crippen molar-refractivity contribution in [3.05, 3.63) is 40.7 Å². The minimum Gasteiger partial charge on any atom is -0.346 e. The molecule has 0 saturated heterocycles. The summed E-state index contributed by atoms with van der Waals surface area (Å²) in [5.41, 5.74) is 2.68. The monoisotopic (exact) mass is 419 g/mol. The van der Waals surface area contributed by atoms with Crippen LogP contribution in [0.1, 0.15) is 69.6 Å². The number of aromatic nitrogens is 6. The van der Waals surface area contributed by atoms with Gasteiger partial charge in [0.25, 0.3) is 0 Å². The van der Waals surface area contributed by atoms with E-state index < -0.39 is 5.76 Å². The second-order valence-electron chi connectivity index (χ2n) is 8.71. The molecule has 0 atom stereocenters. The van der Waals surface area contributed by atoms with E-state index in [0.29, 0.717) is 24.7 Å². The lowest BCUT2D eigenvalue weighted by Crippen LogP contribution is -2.24. The summed E-state index contributed by atoms with van der Waals surface area (Å²) in [6, 6.07) is 4.60. The first-order valence-corrected chi connectivity index (χ1v) is 10.8. The molecule has 1 aliphatic rings. The van der Waals surface area contributed by atoms with E-state index >= 15 is 0 Å². The molecule has 4 aromatic heterocycles. The maximum atomic E-state index is 12.4. The average Bonchev–Trinajstić information content (AvgIpc) is 3.46. The number of nitrogens with zero attached hydrogens (tertiary/aromatic N) is 6. The molecule has 9 nitrogen and oxygen atoms in total.